The summed E-state index contributed by atoms with van der Waals surface area (Å²) in [6.07, 6.45) is 2.11. The van der Waals surface area contributed by atoms with Gasteiger partial charge in [0.05, 0.1) is 0 Å². The van der Waals surface area contributed by atoms with Gasteiger partial charge in [-0.1, -0.05) is 41.9 Å². The van der Waals surface area contributed by atoms with E-state index in [0.29, 0.717) is 6.04 Å². The number of likely N-dealkylation sites (N-methyl/N-ethyl adjacent to an activating group) is 1. The smallest absolute Gasteiger partial charge is 0.0409 e. The molecule has 2 aromatic rings. The molecule has 2 aromatic carbocycles. The number of piperazine rings is 1. The van der Waals surface area contributed by atoms with Gasteiger partial charge in [0.15, 0.2) is 0 Å². The highest BCUT2D eigenvalue weighted by atomic mass is 35.5. The van der Waals surface area contributed by atoms with Gasteiger partial charge in [-0.2, -0.15) is 0 Å². The second-order valence-corrected chi connectivity index (χ2v) is 7.28. The molecule has 1 aliphatic heterocycles. The molecule has 1 atom stereocenters. The summed E-state index contributed by atoms with van der Waals surface area (Å²) in [7, 11) is 2.21. The van der Waals surface area contributed by atoms with Gasteiger partial charge in [-0.15, -0.1) is 0 Å². The summed E-state index contributed by atoms with van der Waals surface area (Å²) < 4.78 is 0. The molecule has 0 N–H and O–H groups in total. The van der Waals surface area contributed by atoms with E-state index < -0.39 is 0 Å². The van der Waals surface area contributed by atoms with E-state index in [4.69, 9.17) is 11.6 Å². The number of fused-ring (bicyclic) bond motifs is 2. The van der Waals surface area contributed by atoms with Gasteiger partial charge in [-0.05, 0) is 54.3 Å². The van der Waals surface area contributed by atoms with Crippen LogP contribution in [-0.4, -0.2) is 43.0 Å². The molecule has 1 fully saturated rings. The largest absolute Gasteiger partial charge is 0.304 e. The topological polar surface area (TPSA) is 6.48 Å². The van der Waals surface area contributed by atoms with E-state index in [1.54, 1.807) is 0 Å². The third kappa shape index (κ3) is 3.03. The van der Waals surface area contributed by atoms with E-state index in [9.17, 15) is 0 Å². The van der Waals surface area contributed by atoms with Crippen LogP contribution in [0.25, 0.3) is 0 Å². The fraction of sp³-hybridized carbons (Fsp3) is 0.400. The van der Waals surface area contributed by atoms with Crippen LogP contribution in [0.1, 0.15) is 28.3 Å². The van der Waals surface area contributed by atoms with E-state index in [1.807, 2.05) is 6.07 Å². The second kappa shape index (κ2) is 6.27. The normalized spacial score (nSPS) is 22.3. The molecule has 120 valence electrons. The summed E-state index contributed by atoms with van der Waals surface area (Å²) in [4.78, 5) is 5.07. The molecule has 0 saturated carbocycles. The highest BCUT2D eigenvalue weighted by molar-refractivity contribution is 6.30. The van der Waals surface area contributed by atoms with E-state index in [1.165, 1.54) is 22.3 Å². The molecule has 3 heteroatoms. The van der Waals surface area contributed by atoms with Gasteiger partial charge in [0, 0.05) is 37.2 Å². The first-order valence-corrected chi connectivity index (χ1v) is 8.86. The predicted molar refractivity (Wildman–Crippen MR) is 96.2 cm³/mol. The monoisotopic (exact) mass is 326 g/mol. The summed E-state index contributed by atoms with van der Waals surface area (Å²) in [5, 5.41) is 0.855. The Balaban J connectivity index is 1.76. The lowest BCUT2D eigenvalue weighted by Crippen LogP contribution is -2.46. The van der Waals surface area contributed by atoms with Crippen molar-refractivity contribution in [2.45, 2.75) is 18.9 Å². The average Bonchev–Trinajstić information content (AvgIpc) is 2.72. The molecule has 0 spiro atoms. The molecule has 23 heavy (non-hydrogen) atoms. The summed E-state index contributed by atoms with van der Waals surface area (Å²) in [5.74, 6) is 0. The van der Waals surface area contributed by atoms with Crippen molar-refractivity contribution in [1.82, 2.24) is 9.80 Å². The lowest BCUT2D eigenvalue weighted by Gasteiger charge is -2.38. The fourth-order valence-electron chi connectivity index (χ4n) is 3.95. The molecule has 0 bridgehead atoms. The van der Waals surface area contributed by atoms with Crippen LogP contribution in [0.3, 0.4) is 0 Å². The zero-order valence-electron chi connectivity index (χ0n) is 13.6. The Hall–Kier alpha value is -1.35. The second-order valence-electron chi connectivity index (χ2n) is 6.85. The van der Waals surface area contributed by atoms with E-state index in [0.717, 1.165) is 44.0 Å². The Bertz CT molecular complexity index is 705. The molecule has 1 saturated heterocycles. The molecule has 4 rings (SSSR count). The Morgan fingerprint density at radius 2 is 1.65 bits per heavy atom. The zero-order valence-corrected chi connectivity index (χ0v) is 14.4. The van der Waals surface area contributed by atoms with Crippen molar-refractivity contribution in [3.05, 3.63) is 69.7 Å². The molecule has 0 amide bonds. The first kappa shape index (κ1) is 15.2. The standard InChI is InChI=1S/C20H23ClN2/c1-22-8-10-23(11-9-22)20-13-16-5-3-2-4-15(16)12-17-6-7-18(21)14-19(17)20/h2-7,14,20H,8-13H2,1H3. The number of nitrogens with zero attached hydrogens (tertiary/aromatic N) is 2. The number of halogens is 1. The van der Waals surface area contributed by atoms with Crippen LogP contribution in [0.15, 0.2) is 42.5 Å². The molecule has 1 aliphatic carbocycles. The third-order valence-corrected chi connectivity index (χ3v) is 5.59. The number of hydrogen-bond acceptors (Lipinski definition) is 2. The van der Waals surface area contributed by atoms with Gasteiger partial charge in [0.25, 0.3) is 0 Å². The molecule has 2 nitrogen and oxygen atoms in total. The lowest BCUT2D eigenvalue weighted by atomic mass is 9.96. The van der Waals surface area contributed by atoms with Crippen molar-refractivity contribution in [3.63, 3.8) is 0 Å². The maximum Gasteiger partial charge on any atom is 0.0409 e. The lowest BCUT2D eigenvalue weighted by molar-refractivity contribution is 0.111. The maximum absolute atomic E-state index is 6.34. The Labute approximate surface area is 143 Å². The predicted octanol–water partition coefficient (Wildman–Crippen LogP) is 3.78. The van der Waals surface area contributed by atoms with Crippen molar-refractivity contribution in [2.24, 2.45) is 0 Å². The maximum atomic E-state index is 6.34. The van der Waals surface area contributed by atoms with Gasteiger partial charge in [-0.3, -0.25) is 4.90 Å². The first-order valence-electron chi connectivity index (χ1n) is 8.48. The molecule has 1 heterocycles. The molecule has 0 radical (unpaired) electrons. The third-order valence-electron chi connectivity index (χ3n) is 5.36. The van der Waals surface area contributed by atoms with Gasteiger partial charge < -0.3 is 4.90 Å². The van der Waals surface area contributed by atoms with Crippen molar-refractivity contribution >= 4 is 11.6 Å². The van der Waals surface area contributed by atoms with Crippen molar-refractivity contribution in [2.75, 3.05) is 33.2 Å². The Morgan fingerprint density at radius 3 is 2.43 bits per heavy atom. The highest BCUT2D eigenvalue weighted by Crippen LogP contribution is 2.36. The minimum atomic E-state index is 0.445. The van der Waals surface area contributed by atoms with Gasteiger partial charge in [0.1, 0.15) is 0 Å². The van der Waals surface area contributed by atoms with E-state index in [2.05, 4.69) is 53.2 Å². The van der Waals surface area contributed by atoms with Crippen molar-refractivity contribution in [3.8, 4) is 0 Å². The van der Waals surface area contributed by atoms with Crippen LogP contribution in [0.2, 0.25) is 5.02 Å². The summed E-state index contributed by atoms with van der Waals surface area (Å²) in [5.41, 5.74) is 5.82. The highest BCUT2D eigenvalue weighted by Gasteiger charge is 2.28. The van der Waals surface area contributed by atoms with Crippen LogP contribution in [0.4, 0.5) is 0 Å². The minimum absolute atomic E-state index is 0.445. The van der Waals surface area contributed by atoms with E-state index in [-0.39, 0.29) is 0 Å². The van der Waals surface area contributed by atoms with Crippen LogP contribution in [0, 0.1) is 0 Å². The summed E-state index contributed by atoms with van der Waals surface area (Å²) in [6, 6.07) is 15.8. The number of benzene rings is 2. The molecular weight excluding hydrogens is 304 g/mol. The van der Waals surface area contributed by atoms with Crippen LogP contribution in [-0.2, 0) is 12.8 Å². The summed E-state index contributed by atoms with van der Waals surface area (Å²) >= 11 is 6.34. The van der Waals surface area contributed by atoms with Crippen LogP contribution in [0.5, 0.6) is 0 Å². The van der Waals surface area contributed by atoms with Gasteiger partial charge in [-0.25, -0.2) is 0 Å². The molecular formula is C20H23ClN2. The number of rotatable bonds is 1. The zero-order chi connectivity index (χ0) is 15.8. The Morgan fingerprint density at radius 1 is 0.913 bits per heavy atom. The molecule has 2 aliphatic rings. The molecule has 0 aromatic heterocycles. The van der Waals surface area contributed by atoms with Gasteiger partial charge in [0.2, 0.25) is 0 Å². The van der Waals surface area contributed by atoms with Gasteiger partial charge >= 0.3 is 0 Å². The average molecular weight is 327 g/mol. The first-order chi connectivity index (χ1) is 11.2. The molecule has 1 unspecified atom stereocenters. The van der Waals surface area contributed by atoms with Crippen LogP contribution < -0.4 is 0 Å². The quantitative estimate of drug-likeness (QED) is 0.787. The Kier molecular flexibility index (Phi) is 4.14. The van der Waals surface area contributed by atoms with E-state index >= 15 is 0 Å². The SMILES string of the molecule is CN1CCN(C2Cc3ccccc3Cc3ccc(Cl)cc32)CC1. The minimum Gasteiger partial charge on any atom is -0.304 e. The van der Waals surface area contributed by atoms with Crippen molar-refractivity contribution < 1.29 is 0 Å². The summed E-state index contributed by atoms with van der Waals surface area (Å²) in [6.45, 7) is 4.56. The fourth-order valence-corrected chi connectivity index (χ4v) is 4.13. The van der Waals surface area contributed by atoms with Crippen LogP contribution >= 0.6 is 11.6 Å². The number of hydrogen-bond donors (Lipinski definition) is 0. The van der Waals surface area contributed by atoms with Crippen molar-refractivity contribution in [1.29, 1.82) is 0 Å².